The Bertz CT molecular complexity index is 1790. The molecule has 0 aliphatic heterocycles. The van der Waals surface area contributed by atoms with Crippen molar-refractivity contribution in [2.24, 2.45) is 0 Å². The Morgan fingerprint density at radius 1 is 0.721 bits per heavy atom. The zero-order valence-electron chi connectivity index (χ0n) is 23.9. The number of nitrogens with zero attached hydrogens (tertiary/aromatic N) is 1. The topological polar surface area (TPSA) is 140 Å². The van der Waals surface area contributed by atoms with E-state index >= 15 is 0 Å². The molecule has 4 aromatic carbocycles. The summed E-state index contributed by atoms with van der Waals surface area (Å²) in [6, 6.07) is 22.7. The molecule has 0 aliphatic rings. The number of ether oxygens (including phenoxy) is 3. The van der Waals surface area contributed by atoms with Gasteiger partial charge >= 0.3 is 0 Å². The van der Waals surface area contributed by atoms with E-state index in [9.17, 15) is 21.6 Å². The molecule has 0 saturated carbocycles. The van der Waals surface area contributed by atoms with E-state index in [-0.39, 0.29) is 26.9 Å². The molecule has 0 saturated heterocycles. The van der Waals surface area contributed by atoms with Crippen molar-refractivity contribution in [3.63, 3.8) is 0 Å². The summed E-state index contributed by atoms with van der Waals surface area (Å²) in [5, 5.41) is 2.64. The molecule has 0 heterocycles. The van der Waals surface area contributed by atoms with Gasteiger partial charge in [-0.15, -0.1) is 0 Å². The monoisotopic (exact) mass is 625 g/mol. The minimum Gasteiger partial charge on any atom is -0.497 e. The fraction of sp³-hybridized carbons (Fsp3) is 0.167. The number of anilines is 3. The summed E-state index contributed by atoms with van der Waals surface area (Å²) in [6.45, 7) is 1.30. The first-order valence-corrected chi connectivity index (χ1v) is 15.8. The van der Waals surface area contributed by atoms with Crippen LogP contribution in [0.5, 0.6) is 17.2 Å². The number of carbonyl (C=O) groups is 1. The first-order valence-electron chi connectivity index (χ1n) is 12.8. The molecule has 226 valence electrons. The van der Waals surface area contributed by atoms with Crippen molar-refractivity contribution < 1.29 is 35.8 Å². The van der Waals surface area contributed by atoms with Crippen LogP contribution < -0.4 is 28.6 Å². The van der Waals surface area contributed by atoms with Crippen molar-refractivity contribution >= 4 is 43.0 Å². The van der Waals surface area contributed by atoms with Gasteiger partial charge in [-0.05, 0) is 79.7 Å². The van der Waals surface area contributed by atoms with Crippen LogP contribution in [0.1, 0.15) is 5.56 Å². The predicted molar refractivity (Wildman–Crippen MR) is 164 cm³/mol. The smallest absolute Gasteiger partial charge is 0.264 e. The fourth-order valence-electron chi connectivity index (χ4n) is 4.05. The van der Waals surface area contributed by atoms with E-state index in [0.717, 1.165) is 9.87 Å². The SMILES string of the molecule is COc1ccc(N(CC(=O)Nc2ccc(S(=O)(=O)Nc3cc(OC)ccc3OC)cc2)S(=O)(=O)c2ccc(C)cc2)cc1. The number of benzene rings is 4. The lowest BCUT2D eigenvalue weighted by molar-refractivity contribution is -0.114. The number of hydrogen-bond donors (Lipinski definition) is 2. The van der Waals surface area contributed by atoms with Crippen LogP contribution in [0, 0.1) is 6.92 Å². The second-order valence-electron chi connectivity index (χ2n) is 9.27. The van der Waals surface area contributed by atoms with E-state index < -0.39 is 32.5 Å². The van der Waals surface area contributed by atoms with E-state index in [1.807, 2.05) is 6.92 Å². The van der Waals surface area contributed by atoms with Gasteiger partial charge in [-0.25, -0.2) is 16.8 Å². The van der Waals surface area contributed by atoms with Crippen molar-refractivity contribution in [3.05, 3.63) is 96.6 Å². The Labute approximate surface area is 251 Å². The lowest BCUT2D eigenvalue weighted by atomic mass is 10.2. The summed E-state index contributed by atoms with van der Waals surface area (Å²) in [4.78, 5) is 13.1. The van der Waals surface area contributed by atoms with Crippen molar-refractivity contribution in [1.82, 2.24) is 0 Å². The quantitative estimate of drug-likeness (QED) is 0.232. The lowest BCUT2D eigenvalue weighted by Gasteiger charge is -2.24. The highest BCUT2D eigenvalue weighted by Gasteiger charge is 2.27. The molecule has 0 fully saturated rings. The molecule has 1 amide bonds. The third-order valence-corrected chi connectivity index (χ3v) is 9.53. The average molecular weight is 626 g/mol. The number of amides is 1. The normalized spacial score (nSPS) is 11.3. The third-order valence-electron chi connectivity index (χ3n) is 6.36. The number of carbonyl (C=O) groups excluding carboxylic acids is 1. The van der Waals surface area contributed by atoms with Gasteiger partial charge in [0.05, 0.1) is 42.5 Å². The average Bonchev–Trinajstić information content (AvgIpc) is 3.00. The van der Waals surface area contributed by atoms with Gasteiger partial charge in [0.15, 0.2) is 0 Å². The predicted octanol–water partition coefficient (Wildman–Crippen LogP) is 4.66. The molecule has 0 spiro atoms. The highest BCUT2D eigenvalue weighted by Crippen LogP contribution is 2.31. The molecule has 0 aromatic heterocycles. The molecular formula is C30H31N3O8S2. The number of nitrogens with one attached hydrogen (secondary N) is 2. The first-order chi connectivity index (χ1) is 20.5. The maximum atomic E-state index is 13.6. The van der Waals surface area contributed by atoms with E-state index in [2.05, 4.69) is 10.0 Å². The van der Waals surface area contributed by atoms with E-state index in [1.54, 1.807) is 48.5 Å². The molecule has 2 N–H and O–H groups in total. The van der Waals surface area contributed by atoms with Gasteiger partial charge in [-0.1, -0.05) is 17.7 Å². The number of sulfonamides is 2. The van der Waals surface area contributed by atoms with Crippen LogP contribution in [0.2, 0.25) is 0 Å². The Balaban J connectivity index is 1.54. The second-order valence-corrected chi connectivity index (χ2v) is 12.8. The van der Waals surface area contributed by atoms with Crippen molar-refractivity contribution in [3.8, 4) is 17.2 Å². The summed E-state index contributed by atoms with van der Waals surface area (Å²) >= 11 is 0. The van der Waals surface area contributed by atoms with Crippen molar-refractivity contribution in [2.45, 2.75) is 16.7 Å². The minimum atomic E-state index is -4.12. The van der Waals surface area contributed by atoms with E-state index in [4.69, 9.17) is 14.2 Å². The molecule has 0 atom stereocenters. The zero-order chi connectivity index (χ0) is 31.2. The molecule has 43 heavy (non-hydrogen) atoms. The van der Waals surface area contributed by atoms with Gasteiger partial charge in [-0.2, -0.15) is 0 Å². The van der Waals surface area contributed by atoms with Crippen LogP contribution in [0.15, 0.2) is 101 Å². The fourth-order valence-corrected chi connectivity index (χ4v) is 6.53. The molecule has 0 aliphatic carbocycles. The zero-order valence-corrected chi connectivity index (χ0v) is 25.5. The second kappa shape index (κ2) is 13.0. The van der Waals surface area contributed by atoms with E-state index in [1.165, 1.54) is 63.8 Å². The van der Waals surface area contributed by atoms with E-state index in [0.29, 0.717) is 17.2 Å². The molecule has 4 aromatic rings. The number of methoxy groups -OCH3 is 3. The molecule has 11 nitrogen and oxygen atoms in total. The Morgan fingerprint density at radius 3 is 1.88 bits per heavy atom. The third kappa shape index (κ3) is 7.37. The summed E-state index contributed by atoms with van der Waals surface area (Å²) in [5.74, 6) is 0.622. The molecule has 13 heteroatoms. The van der Waals surface area contributed by atoms with Crippen LogP contribution in [0.3, 0.4) is 0 Å². The lowest BCUT2D eigenvalue weighted by Crippen LogP contribution is -2.38. The van der Waals surface area contributed by atoms with Crippen molar-refractivity contribution in [1.29, 1.82) is 0 Å². The number of hydrogen-bond acceptors (Lipinski definition) is 8. The van der Waals surface area contributed by atoms with Gasteiger partial charge in [0.2, 0.25) is 5.91 Å². The van der Waals surface area contributed by atoms with Crippen LogP contribution in [0.25, 0.3) is 0 Å². The molecule has 0 unspecified atom stereocenters. The largest absolute Gasteiger partial charge is 0.497 e. The van der Waals surface area contributed by atoms with Crippen LogP contribution in [-0.2, 0) is 24.8 Å². The number of rotatable bonds is 12. The highest BCUT2D eigenvalue weighted by atomic mass is 32.2. The van der Waals surface area contributed by atoms with Crippen LogP contribution in [0.4, 0.5) is 17.1 Å². The Hall–Kier alpha value is -4.75. The molecular weight excluding hydrogens is 594 g/mol. The van der Waals surface area contributed by atoms with Crippen molar-refractivity contribution in [2.75, 3.05) is 42.2 Å². The van der Waals surface area contributed by atoms with Crippen LogP contribution in [-0.4, -0.2) is 50.6 Å². The summed E-state index contributed by atoms with van der Waals surface area (Å²) in [6.07, 6.45) is 0. The number of aryl methyl sites for hydroxylation is 1. The Morgan fingerprint density at radius 2 is 1.30 bits per heavy atom. The van der Waals surface area contributed by atoms with Gasteiger partial charge in [0, 0.05) is 11.8 Å². The standard InChI is InChI=1S/C30H31N3O8S2/c1-21-5-14-27(15-6-21)43(37,38)33(23-9-11-24(39-2)12-10-23)20-30(34)31-22-7-16-26(17-8-22)42(35,36)32-28-19-25(40-3)13-18-29(28)41-4/h5-19,32H,20H2,1-4H3,(H,31,34). The maximum absolute atomic E-state index is 13.6. The molecule has 0 bridgehead atoms. The van der Waals surface area contributed by atoms with Gasteiger partial charge in [0.1, 0.15) is 23.8 Å². The van der Waals surface area contributed by atoms with Crippen LogP contribution >= 0.6 is 0 Å². The van der Waals surface area contributed by atoms with Gasteiger partial charge in [-0.3, -0.25) is 13.8 Å². The summed E-state index contributed by atoms with van der Waals surface area (Å²) in [5.41, 5.74) is 1.60. The minimum absolute atomic E-state index is 0.0245. The first kappa shape index (κ1) is 31.2. The maximum Gasteiger partial charge on any atom is 0.264 e. The highest BCUT2D eigenvalue weighted by molar-refractivity contribution is 7.93. The van der Waals surface area contributed by atoms with Gasteiger partial charge < -0.3 is 19.5 Å². The summed E-state index contributed by atoms with van der Waals surface area (Å²) < 4.78 is 72.3. The molecule has 4 rings (SSSR count). The summed E-state index contributed by atoms with van der Waals surface area (Å²) in [7, 11) is -3.78. The Kier molecular flexibility index (Phi) is 9.46. The van der Waals surface area contributed by atoms with Gasteiger partial charge in [0.25, 0.3) is 20.0 Å². The molecule has 0 radical (unpaired) electrons.